The van der Waals surface area contributed by atoms with E-state index in [2.05, 4.69) is 18.6 Å². The summed E-state index contributed by atoms with van der Waals surface area (Å²) in [6, 6.07) is 3.90. The summed E-state index contributed by atoms with van der Waals surface area (Å²) in [5, 5.41) is 5.50. The molecule has 1 rings (SSSR count). The average Bonchev–Trinajstić information content (AvgIpc) is 2.45. The second-order valence-electron chi connectivity index (χ2n) is 4.18. The molecule has 1 heterocycles. The highest BCUT2D eigenvalue weighted by molar-refractivity contribution is 5.73. The van der Waals surface area contributed by atoms with Crippen LogP contribution in [0.2, 0.25) is 0 Å². The molecule has 0 radical (unpaired) electrons. The number of carbonyl (C=O) groups is 1. The van der Waals surface area contributed by atoms with E-state index in [0.717, 1.165) is 24.7 Å². The SMILES string of the molecule is C=N.CCCCCCCCc1cccnc1C=O. The Morgan fingerprint density at radius 2 is 1.89 bits per heavy atom. The molecular formula is C15H24N2O. The van der Waals surface area contributed by atoms with E-state index in [9.17, 15) is 4.79 Å². The normalized spacial score (nSPS) is 9.39. The van der Waals surface area contributed by atoms with Gasteiger partial charge in [-0.05, 0) is 31.2 Å². The molecule has 0 saturated heterocycles. The van der Waals surface area contributed by atoms with Gasteiger partial charge in [0.15, 0.2) is 6.29 Å². The van der Waals surface area contributed by atoms with Gasteiger partial charge in [0.2, 0.25) is 0 Å². The van der Waals surface area contributed by atoms with Crippen molar-refractivity contribution in [2.75, 3.05) is 0 Å². The molecule has 1 aromatic heterocycles. The van der Waals surface area contributed by atoms with E-state index in [1.54, 1.807) is 6.20 Å². The average molecular weight is 248 g/mol. The maximum Gasteiger partial charge on any atom is 0.168 e. The zero-order valence-corrected chi connectivity index (χ0v) is 11.3. The van der Waals surface area contributed by atoms with Crippen LogP contribution in [0.3, 0.4) is 0 Å². The molecule has 1 N–H and O–H groups in total. The molecule has 0 aliphatic rings. The van der Waals surface area contributed by atoms with Gasteiger partial charge in [-0.3, -0.25) is 9.78 Å². The molecule has 100 valence electrons. The Morgan fingerprint density at radius 3 is 2.56 bits per heavy atom. The summed E-state index contributed by atoms with van der Waals surface area (Å²) in [5.41, 5.74) is 1.70. The molecule has 0 aliphatic carbocycles. The number of hydrogen-bond acceptors (Lipinski definition) is 3. The molecule has 0 aliphatic heterocycles. The van der Waals surface area contributed by atoms with Crippen molar-refractivity contribution in [3.8, 4) is 0 Å². The van der Waals surface area contributed by atoms with Crippen LogP contribution in [-0.4, -0.2) is 18.0 Å². The number of unbranched alkanes of at least 4 members (excludes halogenated alkanes) is 5. The molecule has 3 heteroatoms. The van der Waals surface area contributed by atoms with Crippen LogP contribution in [0.1, 0.15) is 61.5 Å². The van der Waals surface area contributed by atoms with Gasteiger partial charge in [-0.1, -0.05) is 45.1 Å². The highest BCUT2D eigenvalue weighted by Crippen LogP contribution is 2.11. The van der Waals surface area contributed by atoms with Gasteiger partial charge in [-0.15, -0.1) is 0 Å². The number of aryl methyl sites for hydroxylation is 1. The minimum Gasteiger partial charge on any atom is -0.317 e. The fourth-order valence-corrected chi connectivity index (χ4v) is 1.86. The lowest BCUT2D eigenvalue weighted by Crippen LogP contribution is -1.95. The Labute approximate surface area is 110 Å². The zero-order valence-electron chi connectivity index (χ0n) is 11.3. The second kappa shape index (κ2) is 12.0. The van der Waals surface area contributed by atoms with Crippen molar-refractivity contribution < 1.29 is 4.79 Å². The number of hydrogen-bond donors (Lipinski definition) is 1. The van der Waals surface area contributed by atoms with E-state index < -0.39 is 0 Å². The standard InChI is InChI=1S/C14H21NO.CH3N/c1-2-3-4-5-6-7-9-13-10-8-11-15-14(13)12-16;1-2/h8,10-12H,2-7,9H2,1H3;2H,1H2. The minimum atomic E-state index is 0.607. The molecule has 0 saturated carbocycles. The smallest absolute Gasteiger partial charge is 0.168 e. The van der Waals surface area contributed by atoms with Crippen molar-refractivity contribution in [3.63, 3.8) is 0 Å². The van der Waals surface area contributed by atoms with E-state index in [-0.39, 0.29) is 0 Å². The van der Waals surface area contributed by atoms with Gasteiger partial charge in [0.05, 0.1) is 0 Å². The van der Waals surface area contributed by atoms with Crippen molar-refractivity contribution in [2.24, 2.45) is 0 Å². The number of aromatic nitrogens is 1. The van der Waals surface area contributed by atoms with E-state index in [4.69, 9.17) is 5.41 Å². The summed E-state index contributed by atoms with van der Waals surface area (Å²) in [6.45, 7) is 4.73. The fraction of sp³-hybridized carbons (Fsp3) is 0.533. The predicted octanol–water partition coefficient (Wildman–Crippen LogP) is 4.06. The lowest BCUT2D eigenvalue weighted by molar-refractivity contribution is 0.111. The Hall–Kier alpha value is -1.51. The first-order chi connectivity index (χ1) is 8.88. The van der Waals surface area contributed by atoms with Crippen molar-refractivity contribution in [2.45, 2.75) is 51.9 Å². The zero-order chi connectivity index (χ0) is 13.6. The molecule has 0 fully saturated rings. The van der Waals surface area contributed by atoms with Gasteiger partial charge in [-0.2, -0.15) is 0 Å². The van der Waals surface area contributed by atoms with Gasteiger partial charge in [0.25, 0.3) is 0 Å². The van der Waals surface area contributed by atoms with Crippen molar-refractivity contribution in [1.29, 1.82) is 5.41 Å². The van der Waals surface area contributed by atoms with Crippen LogP contribution in [-0.2, 0) is 6.42 Å². The molecule has 0 spiro atoms. The topological polar surface area (TPSA) is 53.8 Å². The first-order valence-electron chi connectivity index (χ1n) is 6.63. The van der Waals surface area contributed by atoms with Crippen molar-refractivity contribution in [1.82, 2.24) is 4.98 Å². The van der Waals surface area contributed by atoms with Crippen LogP contribution >= 0.6 is 0 Å². The van der Waals surface area contributed by atoms with Gasteiger partial charge in [0.1, 0.15) is 5.69 Å². The maximum atomic E-state index is 10.7. The number of carbonyl (C=O) groups excluding carboxylic acids is 1. The predicted molar refractivity (Wildman–Crippen MR) is 76.5 cm³/mol. The summed E-state index contributed by atoms with van der Waals surface area (Å²) < 4.78 is 0. The highest BCUT2D eigenvalue weighted by atomic mass is 16.1. The van der Waals surface area contributed by atoms with Crippen LogP contribution in [0, 0.1) is 5.41 Å². The Bertz CT molecular complexity index is 326. The van der Waals surface area contributed by atoms with Crippen LogP contribution in [0.4, 0.5) is 0 Å². The number of nitrogens with one attached hydrogen (secondary N) is 1. The van der Waals surface area contributed by atoms with E-state index in [1.807, 2.05) is 12.1 Å². The molecular weight excluding hydrogens is 224 g/mol. The Kier molecular flexibility index (Phi) is 11.0. The van der Waals surface area contributed by atoms with Crippen LogP contribution in [0.5, 0.6) is 0 Å². The quantitative estimate of drug-likeness (QED) is 0.428. The maximum absolute atomic E-state index is 10.7. The van der Waals surface area contributed by atoms with E-state index in [0.29, 0.717) is 5.69 Å². The highest BCUT2D eigenvalue weighted by Gasteiger charge is 2.01. The van der Waals surface area contributed by atoms with Crippen LogP contribution in [0.25, 0.3) is 0 Å². The van der Waals surface area contributed by atoms with Crippen LogP contribution < -0.4 is 0 Å². The third-order valence-electron chi connectivity index (χ3n) is 2.84. The Morgan fingerprint density at radius 1 is 1.22 bits per heavy atom. The fourth-order valence-electron chi connectivity index (χ4n) is 1.86. The first-order valence-corrected chi connectivity index (χ1v) is 6.63. The third-order valence-corrected chi connectivity index (χ3v) is 2.84. The first kappa shape index (κ1) is 16.5. The summed E-state index contributed by atoms with van der Waals surface area (Å²) >= 11 is 0. The summed E-state index contributed by atoms with van der Waals surface area (Å²) in [4.78, 5) is 14.8. The molecule has 3 nitrogen and oxygen atoms in total. The monoisotopic (exact) mass is 248 g/mol. The molecule has 0 aromatic carbocycles. The van der Waals surface area contributed by atoms with Crippen molar-refractivity contribution >= 4 is 13.0 Å². The molecule has 0 atom stereocenters. The second-order valence-corrected chi connectivity index (χ2v) is 4.18. The number of pyridine rings is 1. The molecule has 1 aromatic rings. The minimum absolute atomic E-state index is 0.607. The van der Waals surface area contributed by atoms with Crippen LogP contribution in [0.15, 0.2) is 18.3 Å². The van der Waals surface area contributed by atoms with E-state index in [1.165, 1.54) is 32.1 Å². The van der Waals surface area contributed by atoms with Gasteiger partial charge < -0.3 is 5.41 Å². The van der Waals surface area contributed by atoms with Gasteiger partial charge in [-0.25, -0.2) is 0 Å². The third kappa shape index (κ3) is 6.94. The number of aldehydes is 1. The summed E-state index contributed by atoms with van der Waals surface area (Å²) in [7, 11) is 0. The molecule has 0 unspecified atom stereocenters. The molecule has 18 heavy (non-hydrogen) atoms. The van der Waals surface area contributed by atoms with Crippen molar-refractivity contribution in [3.05, 3.63) is 29.6 Å². The lowest BCUT2D eigenvalue weighted by Gasteiger charge is -2.03. The molecule has 0 bridgehead atoms. The lowest BCUT2D eigenvalue weighted by atomic mass is 10.0. The van der Waals surface area contributed by atoms with E-state index >= 15 is 0 Å². The number of rotatable bonds is 8. The largest absolute Gasteiger partial charge is 0.317 e. The van der Waals surface area contributed by atoms with Gasteiger partial charge >= 0.3 is 0 Å². The van der Waals surface area contributed by atoms with Gasteiger partial charge in [0, 0.05) is 6.20 Å². The molecule has 0 amide bonds. The Balaban J connectivity index is 0.00000137. The number of nitrogens with zero attached hydrogens (tertiary/aromatic N) is 1. The summed E-state index contributed by atoms with van der Waals surface area (Å²) in [6.07, 6.45) is 11.2. The summed E-state index contributed by atoms with van der Waals surface area (Å²) in [5.74, 6) is 0.